The Bertz CT molecular complexity index is 843. The van der Waals surface area contributed by atoms with Gasteiger partial charge in [0.15, 0.2) is 0 Å². The van der Waals surface area contributed by atoms with Crippen LogP contribution in [-0.2, 0) is 11.0 Å². The van der Waals surface area contributed by atoms with E-state index in [9.17, 15) is 27.9 Å². The van der Waals surface area contributed by atoms with Gasteiger partial charge < -0.3 is 15.7 Å². The van der Waals surface area contributed by atoms with Gasteiger partial charge in [0.05, 0.1) is 35.5 Å². The molecule has 4 N–H and O–H groups in total. The molecule has 1 aromatic carbocycles. The van der Waals surface area contributed by atoms with E-state index in [1.807, 2.05) is 0 Å². The van der Waals surface area contributed by atoms with Crippen molar-refractivity contribution in [3.8, 4) is 6.07 Å². The van der Waals surface area contributed by atoms with Gasteiger partial charge in [0, 0.05) is 11.9 Å². The van der Waals surface area contributed by atoms with Gasteiger partial charge in [0.2, 0.25) is 0 Å². The number of amides is 2. The summed E-state index contributed by atoms with van der Waals surface area (Å²) < 4.78 is 38.7. The van der Waals surface area contributed by atoms with E-state index in [1.165, 1.54) is 18.5 Å². The number of carbonyl (C=O) groups is 2. The Morgan fingerprint density at radius 3 is 2.69 bits per heavy atom. The van der Waals surface area contributed by atoms with Crippen LogP contribution in [0.25, 0.3) is 0 Å². The van der Waals surface area contributed by atoms with E-state index < -0.39 is 41.8 Å². The summed E-state index contributed by atoms with van der Waals surface area (Å²) in [6, 6.07) is 4.01. The summed E-state index contributed by atoms with van der Waals surface area (Å²) in [5, 5.41) is 28.8. The van der Waals surface area contributed by atoms with E-state index in [4.69, 9.17) is 5.26 Å². The van der Waals surface area contributed by atoms with Crippen LogP contribution in [-0.4, -0.2) is 39.8 Å². The lowest BCUT2D eigenvalue weighted by molar-refractivity contribution is -0.137. The average Bonchev–Trinajstić information content (AvgIpc) is 3.13. The van der Waals surface area contributed by atoms with Crippen molar-refractivity contribution in [1.29, 1.82) is 5.26 Å². The maximum Gasteiger partial charge on any atom is 0.417 e. The number of carbonyl (C=O) groups excluding carboxylic acids is 2. The minimum atomic E-state index is -4.77. The first-order chi connectivity index (χ1) is 12.2. The molecular formula is C15H12F3N5O3. The van der Waals surface area contributed by atoms with Crippen molar-refractivity contribution in [2.75, 3.05) is 11.9 Å². The van der Waals surface area contributed by atoms with Gasteiger partial charge in [-0.05, 0) is 18.2 Å². The zero-order valence-electron chi connectivity index (χ0n) is 13.0. The molecule has 1 unspecified atom stereocenters. The number of benzene rings is 1. The Morgan fingerprint density at radius 1 is 1.38 bits per heavy atom. The molecule has 0 fully saturated rings. The van der Waals surface area contributed by atoms with E-state index in [2.05, 4.69) is 20.8 Å². The highest BCUT2D eigenvalue weighted by atomic mass is 19.4. The molecule has 26 heavy (non-hydrogen) atoms. The first kappa shape index (κ1) is 18.9. The lowest BCUT2D eigenvalue weighted by Gasteiger charge is -2.14. The highest BCUT2D eigenvalue weighted by Gasteiger charge is 2.34. The molecule has 1 aromatic heterocycles. The number of aliphatic hydroxyl groups excluding tert-OH is 1. The minimum Gasteiger partial charge on any atom is -0.381 e. The molecule has 0 aliphatic heterocycles. The average molecular weight is 367 g/mol. The zero-order chi connectivity index (χ0) is 19.3. The molecule has 0 saturated carbocycles. The fraction of sp³-hybridized carbons (Fsp3) is 0.200. The Morgan fingerprint density at radius 2 is 2.12 bits per heavy atom. The number of nitrogens with one attached hydrogen (secondary N) is 3. The van der Waals surface area contributed by atoms with Crippen molar-refractivity contribution in [1.82, 2.24) is 15.5 Å². The topological polar surface area (TPSA) is 131 Å². The lowest BCUT2D eigenvalue weighted by Crippen LogP contribution is -2.39. The normalized spacial score (nSPS) is 12.1. The molecule has 8 nitrogen and oxygen atoms in total. The molecule has 0 saturated heterocycles. The van der Waals surface area contributed by atoms with Crippen molar-refractivity contribution in [2.24, 2.45) is 0 Å². The Labute approximate surface area is 144 Å². The highest BCUT2D eigenvalue weighted by molar-refractivity contribution is 5.96. The number of nitrogens with zero attached hydrogens (tertiary/aromatic N) is 2. The molecule has 136 valence electrons. The van der Waals surface area contributed by atoms with Crippen molar-refractivity contribution in [2.45, 2.75) is 12.3 Å². The molecule has 1 atom stereocenters. The van der Waals surface area contributed by atoms with Crippen molar-refractivity contribution < 1.29 is 27.9 Å². The van der Waals surface area contributed by atoms with Crippen LogP contribution < -0.4 is 10.6 Å². The van der Waals surface area contributed by atoms with E-state index in [0.717, 1.165) is 12.1 Å². The quantitative estimate of drug-likeness (QED) is 0.627. The third-order valence-electron chi connectivity index (χ3n) is 3.23. The van der Waals surface area contributed by atoms with Gasteiger partial charge in [-0.3, -0.25) is 14.7 Å². The second kappa shape index (κ2) is 7.66. The third kappa shape index (κ3) is 4.58. The smallest absolute Gasteiger partial charge is 0.381 e. The summed E-state index contributed by atoms with van der Waals surface area (Å²) in [4.78, 5) is 23.5. The van der Waals surface area contributed by atoms with Crippen LogP contribution in [0.3, 0.4) is 0 Å². The van der Waals surface area contributed by atoms with Gasteiger partial charge in [0.25, 0.3) is 11.8 Å². The molecular weight excluding hydrogens is 355 g/mol. The van der Waals surface area contributed by atoms with Crippen LogP contribution in [0, 0.1) is 11.3 Å². The summed E-state index contributed by atoms with van der Waals surface area (Å²) in [5.41, 5.74) is -1.87. The number of hydrogen-bond donors (Lipinski definition) is 4. The van der Waals surface area contributed by atoms with Crippen molar-refractivity contribution in [3.05, 3.63) is 47.3 Å². The molecule has 2 rings (SSSR count). The molecule has 0 bridgehead atoms. The van der Waals surface area contributed by atoms with Gasteiger partial charge in [-0.2, -0.15) is 23.5 Å². The van der Waals surface area contributed by atoms with Crippen LogP contribution >= 0.6 is 0 Å². The number of halogens is 3. The number of alkyl halides is 3. The monoisotopic (exact) mass is 367 g/mol. The number of nitriles is 1. The summed E-state index contributed by atoms with van der Waals surface area (Å²) in [7, 11) is 0. The summed E-state index contributed by atoms with van der Waals surface area (Å²) in [5.74, 6) is -1.61. The standard InChI is InChI=1S/C15H12F3N5O3/c16-15(17,18)11-3-10(2-1-8(11)4-19)23-14(26)12(24)7-20-13(25)9-5-21-22-6-9/h1-3,5-6,12,24H,7H2,(H,20,25)(H,21,22)(H,23,26). The lowest BCUT2D eigenvalue weighted by atomic mass is 10.1. The van der Waals surface area contributed by atoms with E-state index in [0.29, 0.717) is 6.07 Å². The first-order valence-electron chi connectivity index (χ1n) is 7.09. The summed E-state index contributed by atoms with van der Waals surface area (Å²) in [6.45, 7) is -0.460. The first-order valence-corrected chi connectivity index (χ1v) is 7.09. The molecule has 0 aliphatic carbocycles. The van der Waals surface area contributed by atoms with E-state index >= 15 is 0 Å². The third-order valence-corrected chi connectivity index (χ3v) is 3.23. The van der Waals surface area contributed by atoms with Crippen LogP contribution in [0.4, 0.5) is 18.9 Å². The number of aromatic nitrogens is 2. The van der Waals surface area contributed by atoms with Gasteiger partial charge in [-0.15, -0.1) is 0 Å². The number of rotatable bonds is 5. The van der Waals surface area contributed by atoms with Crippen LogP contribution in [0.5, 0.6) is 0 Å². The fourth-order valence-electron chi connectivity index (χ4n) is 1.94. The fourth-order valence-corrected chi connectivity index (χ4v) is 1.94. The largest absolute Gasteiger partial charge is 0.417 e. The van der Waals surface area contributed by atoms with Gasteiger partial charge >= 0.3 is 6.18 Å². The van der Waals surface area contributed by atoms with E-state index in [1.54, 1.807) is 0 Å². The highest BCUT2D eigenvalue weighted by Crippen LogP contribution is 2.33. The van der Waals surface area contributed by atoms with Crippen molar-refractivity contribution in [3.63, 3.8) is 0 Å². The van der Waals surface area contributed by atoms with Crippen LogP contribution in [0.2, 0.25) is 0 Å². The van der Waals surface area contributed by atoms with Crippen LogP contribution in [0.15, 0.2) is 30.6 Å². The Hall–Kier alpha value is -3.39. The second-order valence-corrected chi connectivity index (χ2v) is 5.07. The second-order valence-electron chi connectivity index (χ2n) is 5.07. The number of H-pyrrole nitrogens is 1. The molecule has 1 heterocycles. The zero-order valence-corrected chi connectivity index (χ0v) is 13.0. The van der Waals surface area contributed by atoms with Gasteiger partial charge in [-0.1, -0.05) is 0 Å². The number of hydrogen-bond acceptors (Lipinski definition) is 5. The predicted molar refractivity (Wildman–Crippen MR) is 81.7 cm³/mol. The molecule has 2 amide bonds. The van der Waals surface area contributed by atoms with E-state index in [-0.39, 0.29) is 11.3 Å². The SMILES string of the molecule is N#Cc1ccc(NC(=O)C(O)CNC(=O)c2cn[nH]c2)cc1C(F)(F)F. The molecule has 0 aliphatic rings. The molecule has 0 spiro atoms. The number of aliphatic hydroxyl groups is 1. The van der Waals surface area contributed by atoms with Gasteiger partial charge in [0.1, 0.15) is 6.10 Å². The summed E-state index contributed by atoms with van der Waals surface area (Å²) in [6.07, 6.45) is -3.94. The van der Waals surface area contributed by atoms with Gasteiger partial charge in [-0.25, -0.2) is 0 Å². The number of anilines is 1. The predicted octanol–water partition coefficient (Wildman–Crippen LogP) is 1.03. The van der Waals surface area contributed by atoms with Crippen molar-refractivity contribution >= 4 is 17.5 Å². The number of aromatic amines is 1. The maximum absolute atomic E-state index is 12.9. The maximum atomic E-state index is 12.9. The summed E-state index contributed by atoms with van der Waals surface area (Å²) >= 11 is 0. The van der Waals surface area contributed by atoms with Crippen LogP contribution in [0.1, 0.15) is 21.5 Å². The Balaban J connectivity index is 2.00. The minimum absolute atomic E-state index is 0.180. The molecule has 11 heteroatoms. The molecule has 0 radical (unpaired) electrons. The molecule has 2 aromatic rings. The Kier molecular flexibility index (Phi) is 5.58.